The summed E-state index contributed by atoms with van der Waals surface area (Å²) in [4.78, 5) is 0. The van der Waals surface area contributed by atoms with Gasteiger partial charge in [0, 0.05) is 0 Å². The van der Waals surface area contributed by atoms with E-state index in [9.17, 15) is 0 Å². The van der Waals surface area contributed by atoms with Crippen LogP contribution in [-0.4, -0.2) is 0 Å². The van der Waals surface area contributed by atoms with Gasteiger partial charge in [0.05, 0.1) is 0 Å². The minimum atomic E-state index is -1.51. The van der Waals surface area contributed by atoms with Crippen LogP contribution in [0.3, 0.4) is 0 Å². The van der Waals surface area contributed by atoms with Gasteiger partial charge in [0.15, 0.2) is 0 Å². The number of rotatable bonds is 3. The Hall–Kier alpha value is -0.0549. The van der Waals surface area contributed by atoms with E-state index in [1.807, 2.05) is 36.4 Å². The molecule has 0 N–H and O–H groups in total. The van der Waals surface area contributed by atoms with Crippen LogP contribution in [0.5, 0.6) is 5.75 Å². The number of halogens is 2. The Morgan fingerprint density at radius 2 is 1.81 bits per heavy atom. The van der Waals surface area contributed by atoms with Crippen LogP contribution in [0.25, 0.3) is 0 Å². The summed E-state index contributed by atoms with van der Waals surface area (Å²) in [5, 5.41) is 0.672. The molecule has 0 aliphatic carbocycles. The third kappa shape index (κ3) is 3.47. The van der Waals surface area contributed by atoms with E-state index in [-0.39, 0.29) is 0 Å². The van der Waals surface area contributed by atoms with Crippen LogP contribution < -0.4 is 5.72 Å². The van der Waals surface area contributed by atoms with Crippen molar-refractivity contribution in [1.29, 1.82) is 0 Å². The van der Waals surface area contributed by atoms with Crippen LogP contribution in [-0.2, 0) is 25.0 Å². The summed E-state index contributed by atoms with van der Waals surface area (Å²) >= 11 is 7.94. The third-order valence-electron chi connectivity index (χ3n) is 2.13. The molecule has 0 fully saturated rings. The van der Waals surface area contributed by atoms with E-state index in [4.69, 9.17) is 14.2 Å². The number of benzene rings is 2. The van der Waals surface area contributed by atoms with Crippen LogP contribution in [0.15, 0.2) is 53.0 Å². The molecular formula is C12H8BrClHgO. The van der Waals surface area contributed by atoms with Crippen molar-refractivity contribution in [3.05, 3.63) is 58.0 Å². The topological polar surface area (TPSA) is 9.23 Å². The van der Waals surface area contributed by atoms with Crippen LogP contribution in [0.2, 0.25) is 5.02 Å². The quantitative estimate of drug-likeness (QED) is 0.603. The number of hydrogen-bond donors (Lipinski definition) is 0. The van der Waals surface area contributed by atoms with Gasteiger partial charge in [-0.25, -0.2) is 0 Å². The van der Waals surface area contributed by atoms with Gasteiger partial charge < -0.3 is 0 Å². The van der Waals surface area contributed by atoms with Gasteiger partial charge in [-0.1, -0.05) is 0 Å². The van der Waals surface area contributed by atoms with E-state index in [2.05, 4.69) is 28.1 Å². The van der Waals surface area contributed by atoms with Gasteiger partial charge >= 0.3 is 122 Å². The van der Waals surface area contributed by atoms with Gasteiger partial charge in [-0.3, -0.25) is 0 Å². The van der Waals surface area contributed by atoms with E-state index < -0.39 is 25.0 Å². The van der Waals surface area contributed by atoms with Crippen LogP contribution in [0, 0.1) is 0 Å². The summed E-state index contributed by atoms with van der Waals surface area (Å²) in [6.45, 7) is 0. The van der Waals surface area contributed by atoms with E-state index in [1.165, 1.54) is 3.07 Å². The molecule has 0 radical (unpaired) electrons. The van der Waals surface area contributed by atoms with Gasteiger partial charge in [0.1, 0.15) is 0 Å². The van der Waals surface area contributed by atoms with Crippen molar-refractivity contribution in [2.75, 3.05) is 0 Å². The first-order valence-corrected chi connectivity index (χ1v) is 11.0. The summed E-state index contributed by atoms with van der Waals surface area (Å²) in [7, 11) is 0. The maximum atomic E-state index is 6.08. The van der Waals surface area contributed by atoms with E-state index in [0.29, 0.717) is 5.02 Å². The van der Waals surface area contributed by atoms with Crippen molar-refractivity contribution in [2.24, 2.45) is 0 Å². The van der Waals surface area contributed by atoms with Crippen LogP contribution in [0.4, 0.5) is 0 Å². The Balaban J connectivity index is 2.05. The number of hydrogen-bond acceptors (Lipinski definition) is 1. The standard InChI is InChI=1S/C6H4BrClO.C6H5.Hg/c7-4-1-2-6(9)5(8)3-4;1-2-4-6-5-3-1;/h1-3,9H;1-5H;/q;;+1/p-1. The fourth-order valence-electron chi connectivity index (χ4n) is 1.33. The Morgan fingerprint density at radius 3 is 2.50 bits per heavy atom. The second kappa shape index (κ2) is 6.03. The zero-order valence-corrected chi connectivity index (χ0v) is 16.3. The zero-order chi connectivity index (χ0) is 11.4. The normalized spacial score (nSPS) is 9.62. The average Bonchev–Trinajstić information content (AvgIpc) is 2.29. The molecule has 0 amide bonds. The van der Waals surface area contributed by atoms with Crippen molar-refractivity contribution in [1.82, 2.24) is 0 Å². The fraction of sp³-hybridized carbons (Fsp3) is 0. The Kier molecular flexibility index (Phi) is 4.68. The molecule has 0 aromatic heterocycles. The SMILES string of the molecule is Clc1cc(Br)ccc1[O][Hg][c]1ccccc1. The van der Waals surface area contributed by atoms with Crippen molar-refractivity contribution in [2.45, 2.75) is 0 Å². The molecule has 16 heavy (non-hydrogen) atoms. The van der Waals surface area contributed by atoms with Crippen molar-refractivity contribution >= 4 is 30.6 Å². The molecule has 0 aliphatic rings. The Labute approximate surface area is 121 Å². The van der Waals surface area contributed by atoms with Crippen molar-refractivity contribution in [3.8, 4) is 5.75 Å². The third-order valence-corrected chi connectivity index (χ3v) is 7.82. The molecule has 0 spiro atoms. The zero-order valence-electron chi connectivity index (χ0n) is 8.49. The molecule has 0 unspecified atom stereocenters. The molecule has 4 heteroatoms. The maximum absolute atomic E-state index is 6.08. The molecule has 0 atom stereocenters. The first-order chi connectivity index (χ1) is 7.75. The van der Waals surface area contributed by atoms with E-state index in [1.54, 1.807) is 0 Å². The molecule has 1 nitrogen and oxygen atoms in total. The fourth-order valence-corrected chi connectivity index (χ4v) is 6.45. The first-order valence-electron chi connectivity index (χ1n) is 4.87. The molecule has 2 rings (SSSR count). The van der Waals surface area contributed by atoms with Gasteiger partial charge in [-0.2, -0.15) is 0 Å². The van der Waals surface area contributed by atoms with Crippen LogP contribution in [0.1, 0.15) is 0 Å². The summed E-state index contributed by atoms with van der Waals surface area (Å²) in [5.74, 6) is 0.801. The van der Waals surface area contributed by atoms with Gasteiger partial charge in [-0.05, 0) is 0 Å². The molecule has 0 saturated carbocycles. The second-order valence-corrected chi connectivity index (χ2v) is 10.1. The molecule has 2 aromatic rings. The molecule has 0 aliphatic heterocycles. The molecule has 0 heterocycles. The molecule has 0 saturated heterocycles. The molecular weight excluding hydrogens is 476 g/mol. The van der Waals surface area contributed by atoms with E-state index in [0.717, 1.165) is 10.2 Å². The minimum absolute atomic E-state index is 0.672. The van der Waals surface area contributed by atoms with Crippen molar-refractivity contribution < 1.29 is 27.7 Å². The van der Waals surface area contributed by atoms with E-state index >= 15 is 0 Å². The van der Waals surface area contributed by atoms with Gasteiger partial charge in [0.2, 0.25) is 0 Å². The van der Waals surface area contributed by atoms with Gasteiger partial charge in [-0.15, -0.1) is 0 Å². The summed E-state index contributed by atoms with van der Waals surface area (Å²) in [5.41, 5.74) is 0. The van der Waals surface area contributed by atoms with Crippen molar-refractivity contribution in [3.63, 3.8) is 0 Å². The predicted octanol–water partition coefficient (Wildman–Crippen LogP) is 3.80. The van der Waals surface area contributed by atoms with Crippen LogP contribution >= 0.6 is 27.5 Å². The second-order valence-electron chi connectivity index (χ2n) is 3.35. The first kappa shape index (κ1) is 12.4. The molecule has 0 bridgehead atoms. The molecule has 2 aromatic carbocycles. The summed E-state index contributed by atoms with van der Waals surface area (Å²) < 4.78 is 8.17. The molecule has 78 valence electrons. The predicted molar refractivity (Wildman–Crippen MR) is 65.9 cm³/mol. The Bertz CT molecular complexity index is 476. The van der Waals surface area contributed by atoms with Gasteiger partial charge in [0.25, 0.3) is 0 Å². The summed E-state index contributed by atoms with van der Waals surface area (Å²) in [6.07, 6.45) is 0. The monoisotopic (exact) mass is 484 g/mol. The average molecular weight is 484 g/mol. The summed E-state index contributed by atoms with van der Waals surface area (Å²) in [6, 6.07) is 16.1. The Morgan fingerprint density at radius 1 is 1.06 bits per heavy atom.